The average molecular weight is 285 g/mol. The Hall–Kier alpha value is -1.56. The lowest BCUT2D eigenvalue weighted by Gasteiger charge is -2.23. The second kappa shape index (κ2) is 5.61. The summed E-state index contributed by atoms with van der Waals surface area (Å²) in [4.78, 5) is 24.0. The van der Waals surface area contributed by atoms with E-state index < -0.39 is 11.9 Å². The highest BCUT2D eigenvalue weighted by atomic mass is 32.1. The number of ether oxygens (including phenoxy) is 1. The summed E-state index contributed by atoms with van der Waals surface area (Å²) in [6, 6.07) is 0. The lowest BCUT2D eigenvalue weighted by atomic mass is 10.1. The fourth-order valence-electron chi connectivity index (χ4n) is 1.64. The molecule has 0 aliphatic heterocycles. The summed E-state index contributed by atoms with van der Waals surface area (Å²) in [5.41, 5.74) is 0.319. The Morgan fingerprint density at radius 3 is 2.37 bits per heavy atom. The summed E-state index contributed by atoms with van der Waals surface area (Å²) < 4.78 is 4.99. The second-order valence-electron chi connectivity index (χ2n) is 5.14. The van der Waals surface area contributed by atoms with Gasteiger partial charge in [-0.25, -0.2) is 9.59 Å². The van der Waals surface area contributed by atoms with Crippen molar-refractivity contribution < 1.29 is 19.4 Å². The summed E-state index contributed by atoms with van der Waals surface area (Å²) in [5, 5.41) is 12.3. The third kappa shape index (κ3) is 3.70. The maximum absolute atomic E-state index is 12.0. The summed E-state index contributed by atoms with van der Waals surface area (Å²) >= 11 is 1.08. The van der Waals surface area contributed by atoms with Gasteiger partial charge < -0.3 is 15.2 Å². The highest BCUT2D eigenvalue weighted by molar-refractivity contribution is 7.15. The zero-order chi connectivity index (χ0) is 14.8. The minimum atomic E-state index is -1.05. The second-order valence-corrected chi connectivity index (χ2v) is 6.36. The largest absolute Gasteiger partial charge is 0.477 e. The molecule has 0 aliphatic rings. The molecule has 1 rings (SSSR count). The summed E-state index contributed by atoms with van der Waals surface area (Å²) in [5.74, 6) is -1.54. The van der Waals surface area contributed by atoms with Crippen molar-refractivity contribution in [3.63, 3.8) is 0 Å². The highest BCUT2D eigenvalue weighted by Gasteiger charge is 2.28. The monoisotopic (exact) mass is 285 g/mol. The molecule has 1 aromatic heterocycles. The first-order chi connectivity index (χ1) is 8.67. The maximum Gasteiger partial charge on any atom is 0.348 e. The van der Waals surface area contributed by atoms with Gasteiger partial charge in [-0.15, -0.1) is 11.3 Å². The van der Waals surface area contributed by atoms with Gasteiger partial charge in [-0.1, -0.05) is 0 Å². The lowest BCUT2D eigenvalue weighted by Crippen LogP contribution is -2.28. The molecule has 0 amide bonds. The number of hydrogen-bond donors (Lipinski definition) is 2. The van der Waals surface area contributed by atoms with Crippen molar-refractivity contribution in [2.45, 2.75) is 40.2 Å². The predicted molar refractivity (Wildman–Crippen MR) is 75.3 cm³/mol. The zero-order valence-corrected chi connectivity index (χ0v) is 12.6. The number of rotatable bonds is 4. The van der Waals surface area contributed by atoms with Crippen LogP contribution in [-0.2, 0) is 4.74 Å². The molecule has 0 saturated heterocycles. The van der Waals surface area contributed by atoms with Gasteiger partial charge in [0.05, 0.1) is 17.9 Å². The third-order valence-electron chi connectivity index (χ3n) is 2.26. The molecule has 0 bridgehead atoms. The van der Waals surface area contributed by atoms with Crippen LogP contribution in [0.5, 0.6) is 0 Å². The number of aryl methyl sites for hydroxylation is 1. The van der Waals surface area contributed by atoms with Crippen LogP contribution in [0.2, 0.25) is 0 Å². The van der Waals surface area contributed by atoms with E-state index >= 15 is 0 Å². The van der Waals surface area contributed by atoms with E-state index in [2.05, 4.69) is 5.32 Å². The van der Waals surface area contributed by atoms with Crippen molar-refractivity contribution in [3.8, 4) is 0 Å². The molecule has 0 atom stereocenters. The van der Waals surface area contributed by atoms with Crippen LogP contribution in [0, 0.1) is 6.92 Å². The molecule has 5 nitrogen and oxygen atoms in total. The molecule has 0 saturated carbocycles. The van der Waals surface area contributed by atoms with Gasteiger partial charge in [-0.3, -0.25) is 0 Å². The summed E-state index contributed by atoms with van der Waals surface area (Å²) in [6.07, 6.45) is 0. The Morgan fingerprint density at radius 1 is 1.37 bits per heavy atom. The van der Waals surface area contributed by atoms with Gasteiger partial charge in [-0.2, -0.15) is 0 Å². The fraction of sp³-hybridized carbons (Fsp3) is 0.538. The van der Waals surface area contributed by atoms with Gasteiger partial charge in [0.15, 0.2) is 0 Å². The average Bonchev–Trinajstić information content (AvgIpc) is 2.53. The molecule has 19 heavy (non-hydrogen) atoms. The third-order valence-corrected chi connectivity index (χ3v) is 3.35. The summed E-state index contributed by atoms with van der Waals surface area (Å²) in [7, 11) is 0. The van der Waals surface area contributed by atoms with Crippen molar-refractivity contribution in [2.75, 3.05) is 11.9 Å². The number of carbonyl (C=O) groups is 2. The van der Waals surface area contributed by atoms with Crippen molar-refractivity contribution in [2.24, 2.45) is 0 Å². The molecule has 0 radical (unpaired) electrons. The van der Waals surface area contributed by atoms with Crippen molar-refractivity contribution >= 4 is 29.0 Å². The van der Waals surface area contributed by atoms with Gasteiger partial charge in [0.2, 0.25) is 0 Å². The maximum atomic E-state index is 12.0. The van der Waals surface area contributed by atoms with Crippen molar-refractivity contribution in [1.29, 1.82) is 0 Å². The molecule has 0 aliphatic carbocycles. The van der Waals surface area contributed by atoms with Crippen LogP contribution in [0.15, 0.2) is 0 Å². The quantitative estimate of drug-likeness (QED) is 0.831. The van der Waals surface area contributed by atoms with Gasteiger partial charge in [-0.05, 0) is 34.6 Å². The van der Waals surface area contributed by atoms with E-state index in [4.69, 9.17) is 4.74 Å². The van der Waals surface area contributed by atoms with Crippen LogP contribution in [0.1, 0.15) is 52.6 Å². The number of esters is 1. The fourth-order valence-corrected chi connectivity index (χ4v) is 2.57. The van der Waals surface area contributed by atoms with E-state index in [1.165, 1.54) is 0 Å². The van der Waals surface area contributed by atoms with Crippen LogP contribution in [0.25, 0.3) is 0 Å². The SMILES string of the molecule is CCOC(=O)c1c(C)sc(C(=O)O)c1NC(C)(C)C. The number of carboxylic acids is 1. The molecule has 0 spiro atoms. The van der Waals surface area contributed by atoms with Crippen LogP contribution in [0.3, 0.4) is 0 Å². The Morgan fingerprint density at radius 2 is 1.95 bits per heavy atom. The topological polar surface area (TPSA) is 75.6 Å². The number of carbonyl (C=O) groups excluding carboxylic acids is 1. The molecule has 1 aromatic rings. The molecule has 1 heterocycles. The molecular weight excluding hydrogens is 266 g/mol. The van der Waals surface area contributed by atoms with Crippen molar-refractivity contribution in [3.05, 3.63) is 15.3 Å². The van der Waals surface area contributed by atoms with E-state index in [-0.39, 0.29) is 17.0 Å². The lowest BCUT2D eigenvalue weighted by molar-refractivity contribution is 0.0527. The van der Waals surface area contributed by atoms with E-state index in [1.54, 1.807) is 13.8 Å². The van der Waals surface area contributed by atoms with Crippen LogP contribution in [-0.4, -0.2) is 29.2 Å². The van der Waals surface area contributed by atoms with E-state index in [9.17, 15) is 14.7 Å². The van der Waals surface area contributed by atoms with E-state index in [1.807, 2.05) is 20.8 Å². The number of nitrogens with one attached hydrogen (secondary N) is 1. The molecular formula is C13H19NO4S. The number of thiophene rings is 1. The number of anilines is 1. The molecule has 0 unspecified atom stereocenters. The van der Waals surface area contributed by atoms with Crippen LogP contribution >= 0.6 is 11.3 Å². The number of carboxylic acid groups (broad SMARTS) is 1. The first-order valence-electron chi connectivity index (χ1n) is 5.99. The highest BCUT2D eigenvalue weighted by Crippen LogP contribution is 2.35. The Kier molecular flexibility index (Phi) is 4.57. The minimum Gasteiger partial charge on any atom is -0.477 e. The van der Waals surface area contributed by atoms with Crippen molar-refractivity contribution in [1.82, 2.24) is 0 Å². The molecule has 106 valence electrons. The van der Waals surface area contributed by atoms with Gasteiger partial charge in [0, 0.05) is 10.4 Å². The predicted octanol–water partition coefficient (Wildman–Crippen LogP) is 3.14. The van der Waals surface area contributed by atoms with E-state index in [0.29, 0.717) is 16.1 Å². The van der Waals surface area contributed by atoms with Crippen LogP contribution in [0.4, 0.5) is 5.69 Å². The Balaban J connectivity index is 3.36. The molecule has 6 heteroatoms. The zero-order valence-electron chi connectivity index (χ0n) is 11.8. The number of hydrogen-bond acceptors (Lipinski definition) is 5. The van der Waals surface area contributed by atoms with Gasteiger partial charge in [0.1, 0.15) is 4.88 Å². The van der Waals surface area contributed by atoms with Crippen LogP contribution < -0.4 is 5.32 Å². The normalized spacial score (nSPS) is 11.2. The first-order valence-corrected chi connectivity index (χ1v) is 6.81. The van der Waals surface area contributed by atoms with E-state index in [0.717, 1.165) is 11.3 Å². The number of aromatic carboxylic acids is 1. The Labute approximate surface area is 116 Å². The molecule has 0 aromatic carbocycles. The first kappa shape index (κ1) is 15.5. The van der Waals surface area contributed by atoms with Gasteiger partial charge in [0.25, 0.3) is 0 Å². The molecule has 2 N–H and O–H groups in total. The standard InChI is InChI=1S/C13H19NO4S/c1-6-18-12(17)8-7(2)19-10(11(15)16)9(8)14-13(3,4)5/h14H,6H2,1-5H3,(H,15,16). The summed E-state index contributed by atoms with van der Waals surface area (Å²) in [6.45, 7) is 9.40. The minimum absolute atomic E-state index is 0.135. The Bertz CT molecular complexity index is 499. The van der Waals surface area contributed by atoms with Gasteiger partial charge >= 0.3 is 11.9 Å². The smallest absolute Gasteiger partial charge is 0.348 e. The molecule has 0 fully saturated rings.